The third-order valence-corrected chi connectivity index (χ3v) is 7.53. The Kier molecular flexibility index (Phi) is 5.31. The summed E-state index contributed by atoms with van der Waals surface area (Å²) in [5.74, 6) is -0.0117. The maximum absolute atomic E-state index is 15.0. The number of hydrogen-bond donors (Lipinski definition) is 3. The predicted molar refractivity (Wildman–Crippen MR) is 121 cm³/mol. The van der Waals surface area contributed by atoms with Crippen molar-refractivity contribution in [3.63, 3.8) is 0 Å². The summed E-state index contributed by atoms with van der Waals surface area (Å²) in [4.78, 5) is 29.4. The Morgan fingerprint density at radius 1 is 1.30 bits per heavy atom. The molecule has 4 aliphatic rings. The molecule has 1 aromatic carbocycles. The third-order valence-electron chi connectivity index (χ3n) is 7.53. The van der Waals surface area contributed by atoms with Gasteiger partial charge >= 0.3 is 0 Å². The number of aromatic nitrogens is 2. The van der Waals surface area contributed by atoms with Gasteiger partial charge in [-0.15, -0.1) is 0 Å². The molecule has 2 amide bonds. The van der Waals surface area contributed by atoms with Gasteiger partial charge in [0.2, 0.25) is 5.91 Å². The summed E-state index contributed by atoms with van der Waals surface area (Å²) >= 11 is 0. The summed E-state index contributed by atoms with van der Waals surface area (Å²) in [5, 5.41) is 13.1. The molecule has 2 fully saturated rings. The minimum absolute atomic E-state index is 0.00343. The molecule has 2 aliphatic heterocycles. The van der Waals surface area contributed by atoms with Crippen LogP contribution in [0, 0.1) is 11.7 Å². The predicted octanol–water partition coefficient (Wildman–Crippen LogP) is 3.34. The molecule has 2 aliphatic carbocycles. The average molecular weight is 455 g/mol. The lowest BCUT2D eigenvalue weighted by atomic mass is 9.75. The van der Waals surface area contributed by atoms with Crippen LogP contribution in [0.4, 0.5) is 4.39 Å². The number of halogens is 1. The Balaban J connectivity index is 1.55. The summed E-state index contributed by atoms with van der Waals surface area (Å²) in [6, 6.07) is 3.55. The molecule has 2 saturated carbocycles. The number of hydrogen-bond acceptors (Lipinski definition) is 4. The summed E-state index contributed by atoms with van der Waals surface area (Å²) in [7, 11) is 0. The molecule has 33 heavy (non-hydrogen) atoms. The zero-order valence-electron chi connectivity index (χ0n) is 19.2. The number of amides is 2. The quantitative estimate of drug-likeness (QED) is 0.596. The molecule has 2 aromatic rings. The smallest absolute Gasteiger partial charge is 0.269 e. The largest absolute Gasteiger partial charge is 0.390 e. The van der Waals surface area contributed by atoms with Gasteiger partial charge in [-0.1, -0.05) is 6.42 Å². The lowest BCUT2D eigenvalue weighted by molar-refractivity contribution is -0.127. The van der Waals surface area contributed by atoms with E-state index in [0.717, 1.165) is 43.2 Å². The first-order valence-electron chi connectivity index (χ1n) is 11.9. The Morgan fingerprint density at radius 2 is 2.03 bits per heavy atom. The molecule has 0 unspecified atom stereocenters. The molecule has 0 saturated heterocycles. The SMILES string of the molecule is CC(C)(O)CCc1cc2c(cc1F)C1CC(C1)n1c-2nc(C(N)=O)c1CNC(=O)C1CCC1. The van der Waals surface area contributed by atoms with Crippen molar-refractivity contribution >= 4 is 11.8 Å². The molecule has 176 valence electrons. The van der Waals surface area contributed by atoms with Gasteiger partial charge in [-0.3, -0.25) is 9.59 Å². The van der Waals surface area contributed by atoms with Gasteiger partial charge in [0.15, 0.2) is 5.69 Å². The van der Waals surface area contributed by atoms with Gasteiger partial charge in [-0.25, -0.2) is 9.37 Å². The van der Waals surface area contributed by atoms with Crippen molar-refractivity contribution in [1.29, 1.82) is 0 Å². The maximum Gasteiger partial charge on any atom is 0.269 e. The second-order valence-corrected chi connectivity index (χ2v) is 10.5. The summed E-state index contributed by atoms with van der Waals surface area (Å²) < 4.78 is 17.0. The molecule has 8 heteroatoms. The number of aryl methyl sites for hydroxylation is 1. The average Bonchev–Trinajstić information content (AvgIpc) is 2.90. The van der Waals surface area contributed by atoms with Gasteiger partial charge in [-0.05, 0) is 81.5 Å². The number of rotatable bonds is 7. The highest BCUT2D eigenvalue weighted by molar-refractivity contribution is 5.93. The third kappa shape index (κ3) is 3.94. The van der Waals surface area contributed by atoms with Crippen LogP contribution in [0.5, 0.6) is 0 Å². The molecular weight excluding hydrogens is 423 g/mol. The van der Waals surface area contributed by atoms with Crippen LogP contribution in [0.3, 0.4) is 0 Å². The lowest BCUT2D eigenvalue weighted by Crippen LogP contribution is -2.35. The number of carbonyl (C=O) groups is 2. The molecule has 7 nitrogen and oxygen atoms in total. The number of primary amides is 1. The molecule has 0 spiro atoms. The second kappa shape index (κ2) is 7.94. The lowest BCUT2D eigenvalue weighted by Gasteiger charge is -2.35. The van der Waals surface area contributed by atoms with E-state index in [1.54, 1.807) is 19.9 Å². The van der Waals surface area contributed by atoms with Gasteiger partial charge in [0, 0.05) is 17.5 Å². The number of nitrogens with zero attached hydrogens (tertiary/aromatic N) is 2. The Morgan fingerprint density at radius 3 is 2.64 bits per heavy atom. The van der Waals surface area contributed by atoms with Crippen molar-refractivity contribution in [3.05, 3.63) is 40.5 Å². The number of aliphatic hydroxyl groups is 1. The highest BCUT2D eigenvalue weighted by Crippen LogP contribution is 2.53. The van der Waals surface area contributed by atoms with Crippen LogP contribution in [0.2, 0.25) is 0 Å². The number of nitrogens with one attached hydrogen (secondary N) is 1. The number of carbonyl (C=O) groups excluding carboxylic acids is 2. The van der Waals surface area contributed by atoms with Crippen molar-refractivity contribution in [3.8, 4) is 11.4 Å². The van der Waals surface area contributed by atoms with E-state index in [4.69, 9.17) is 5.73 Å². The minimum Gasteiger partial charge on any atom is -0.390 e. The molecule has 0 radical (unpaired) electrons. The Hall–Kier alpha value is -2.74. The normalized spacial score (nSPS) is 21.3. The van der Waals surface area contributed by atoms with Crippen molar-refractivity contribution in [2.24, 2.45) is 11.7 Å². The fourth-order valence-corrected chi connectivity index (χ4v) is 5.25. The molecule has 3 heterocycles. The van der Waals surface area contributed by atoms with Crippen LogP contribution in [-0.4, -0.2) is 32.1 Å². The number of benzene rings is 1. The van der Waals surface area contributed by atoms with Crippen LogP contribution < -0.4 is 11.1 Å². The van der Waals surface area contributed by atoms with E-state index in [1.165, 1.54) is 0 Å². The van der Waals surface area contributed by atoms with E-state index in [2.05, 4.69) is 10.3 Å². The van der Waals surface area contributed by atoms with Gasteiger partial charge in [0.05, 0.1) is 17.8 Å². The second-order valence-electron chi connectivity index (χ2n) is 10.5. The van der Waals surface area contributed by atoms with Crippen LogP contribution in [-0.2, 0) is 17.8 Å². The maximum atomic E-state index is 15.0. The molecule has 0 atom stereocenters. The number of imidazole rings is 1. The van der Waals surface area contributed by atoms with Crippen LogP contribution in [0.25, 0.3) is 11.4 Å². The molecule has 4 N–H and O–H groups in total. The fourth-order valence-electron chi connectivity index (χ4n) is 5.25. The highest BCUT2D eigenvalue weighted by atomic mass is 19.1. The van der Waals surface area contributed by atoms with Crippen molar-refractivity contribution in [1.82, 2.24) is 14.9 Å². The van der Waals surface area contributed by atoms with E-state index in [9.17, 15) is 19.1 Å². The zero-order chi connectivity index (χ0) is 23.5. The first-order chi connectivity index (χ1) is 15.6. The summed E-state index contributed by atoms with van der Waals surface area (Å²) in [6.45, 7) is 3.61. The zero-order valence-corrected chi connectivity index (χ0v) is 19.2. The standard InChI is InChI=1S/C25H31FN4O3/c1-25(2,33)7-6-14-10-18-17(11-19(14)26)15-8-16(9-15)30-20(21(22(27)31)29-23(18)30)12-28-24(32)13-4-3-5-13/h10-11,13,15-16,33H,3-9,12H2,1-2H3,(H2,27,31)(H,28,32). The van der Waals surface area contributed by atoms with Crippen molar-refractivity contribution < 1.29 is 19.1 Å². The Bertz CT molecular complexity index is 1120. The molecule has 1 aromatic heterocycles. The van der Waals surface area contributed by atoms with Crippen LogP contribution in [0.15, 0.2) is 12.1 Å². The topological polar surface area (TPSA) is 110 Å². The Labute approximate surface area is 192 Å². The summed E-state index contributed by atoms with van der Waals surface area (Å²) in [5.41, 5.74) is 7.81. The number of nitrogens with two attached hydrogens (primary N) is 1. The van der Waals surface area contributed by atoms with E-state index in [-0.39, 0.29) is 41.8 Å². The van der Waals surface area contributed by atoms with E-state index < -0.39 is 11.5 Å². The first kappa shape index (κ1) is 22.1. The van der Waals surface area contributed by atoms with Crippen LogP contribution >= 0.6 is 0 Å². The van der Waals surface area contributed by atoms with Crippen LogP contribution in [0.1, 0.15) is 91.6 Å². The minimum atomic E-state index is -0.899. The van der Waals surface area contributed by atoms with E-state index >= 15 is 0 Å². The highest BCUT2D eigenvalue weighted by Gasteiger charge is 2.41. The van der Waals surface area contributed by atoms with Gasteiger partial charge < -0.3 is 20.7 Å². The molecular formula is C25H31FN4O3. The molecule has 2 bridgehead atoms. The van der Waals surface area contributed by atoms with Gasteiger partial charge in [-0.2, -0.15) is 0 Å². The van der Waals surface area contributed by atoms with Crippen molar-refractivity contribution in [2.45, 2.75) is 82.9 Å². The van der Waals surface area contributed by atoms with E-state index in [0.29, 0.717) is 29.9 Å². The van der Waals surface area contributed by atoms with Gasteiger partial charge in [0.1, 0.15) is 11.6 Å². The van der Waals surface area contributed by atoms with E-state index in [1.807, 2.05) is 10.6 Å². The summed E-state index contributed by atoms with van der Waals surface area (Å²) in [6.07, 6.45) is 5.35. The molecule has 6 rings (SSSR count). The van der Waals surface area contributed by atoms with Gasteiger partial charge in [0.25, 0.3) is 5.91 Å². The first-order valence-corrected chi connectivity index (χ1v) is 11.9. The fraction of sp³-hybridized carbons (Fsp3) is 0.560. The monoisotopic (exact) mass is 454 g/mol. The van der Waals surface area contributed by atoms with Crippen molar-refractivity contribution in [2.75, 3.05) is 0 Å².